The van der Waals surface area contributed by atoms with E-state index >= 15 is 0 Å². The number of aryl methyl sites for hydroxylation is 1. The molecule has 0 saturated carbocycles. The molecule has 3 heterocycles. The van der Waals surface area contributed by atoms with Crippen LogP contribution in [0.4, 0.5) is 5.69 Å². The first-order chi connectivity index (χ1) is 19.0. The highest BCUT2D eigenvalue weighted by Gasteiger charge is 2.11. The second-order valence-corrected chi connectivity index (χ2v) is 9.41. The zero-order chi connectivity index (χ0) is 27.6. The number of H-pyrrole nitrogens is 1. The van der Waals surface area contributed by atoms with Gasteiger partial charge in [0, 0.05) is 43.3 Å². The van der Waals surface area contributed by atoms with Crippen molar-refractivity contribution in [3.8, 4) is 11.4 Å². The van der Waals surface area contributed by atoms with E-state index in [-0.39, 0.29) is 5.91 Å². The van der Waals surface area contributed by atoms with Crippen LogP contribution in [0.25, 0.3) is 22.3 Å². The molecule has 4 N–H and O–H groups in total. The number of carbonyl (C=O) groups is 1. The number of hydrogen-bond donors (Lipinski definition) is 4. The van der Waals surface area contributed by atoms with Crippen LogP contribution in [0, 0.1) is 6.92 Å². The van der Waals surface area contributed by atoms with E-state index in [1.807, 2.05) is 67.6 Å². The fourth-order valence-corrected chi connectivity index (χ4v) is 4.27. The number of pyridine rings is 1. The Kier molecular flexibility index (Phi) is 9.91. The molecule has 0 aliphatic rings. The van der Waals surface area contributed by atoms with Crippen molar-refractivity contribution in [3.05, 3.63) is 83.6 Å². The highest BCUT2D eigenvalue weighted by Crippen LogP contribution is 2.22. The standard InChI is InChI=1S/C30H37N7O2/c1-4-37(5-2)20-24(38)19-31-15-16-33-30(39)28-18-22-17-23(12-13-25(22)35-28)34-29-21(3)9-8-11-27(36-29)26-10-6-7-14-32-26/h6-14,17-18,24,31,35,38H,4-5,15-16,19-20H2,1-3H3,(H,33,39). The van der Waals surface area contributed by atoms with Crippen LogP contribution in [-0.2, 0) is 0 Å². The van der Waals surface area contributed by atoms with Gasteiger partial charge in [-0.05, 0) is 68.0 Å². The van der Waals surface area contributed by atoms with Crippen LogP contribution in [0.5, 0.6) is 0 Å². The molecule has 204 valence electrons. The summed E-state index contributed by atoms with van der Waals surface area (Å²) in [6, 6.07) is 19.2. The monoisotopic (exact) mass is 527 g/mol. The number of aliphatic hydroxyl groups excluding tert-OH is 1. The van der Waals surface area contributed by atoms with Crippen molar-refractivity contribution in [1.29, 1.82) is 0 Å². The average molecular weight is 528 g/mol. The third-order valence-corrected chi connectivity index (χ3v) is 6.52. The van der Waals surface area contributed by atoms with E-state index in [0.717, 1.165) is 46.6 Å². The van der Waals surface area contributed by atoms with E-state index in [1.54, 1.807) is 6.20 Å². The number of benzene rings is 1. The Morgan fingerprint density at radius 2 is 1.87 bits per heavy atom. The number of likely N-dealkylation sites (N-methyl/N-ethyl adjacent to an activating group) is 1. The van der Waals surface area contributed by atoms with E-state index < -0.39 is 6.10 Å². The minimum Gasteiger partial charge on any atom is -0.390 e. The van der Waals surface area contributed by atoms with Crippen molar-refractivity contribution < 1.29 is 9.90 Å². The Bertz CT molecular complexity index is 1450. The molecule has 0 spiro atoms. The van der Waals surface area contributed by atoms with Gasteiger partial charge in [-0.2, -0.15) is 0 Å². The first-order valence-electron chi connectivity index (χ1n) is 13.4. The lowest BCUT2D eigenvalue weighted by Gasteiger charge is -2.22. The zero-order valence-corrected chi connectivity index (χ0v) is 22.8. The lowest BCUT2D eigenvalue weighted by atomic mass is 10.2. The van der Waals surface area contributed by atoms with E-state index in [0.29, 0.717) is 37.4 Å². The number of rotatable bonds is 12. The maximum Gasteiger partial charge on any atom is 0.267 e. The smallest absolute Gasteiger partial charge is 0.267 e. The van der Waals surface area contributed by atoms with Gasteiger partial charge in [-0.1, -0.05) is 32.0 Å². The first-order valence-corrected chi connectivity index (χ1v) is 13.4. The molecule has 9 nitrogen and oxygen atoms in total. The number of nitrogens with zero attached hydrogens (tertiary/aromatic N) is 4. The number of aliphatic hydroxyl groups is 1. The molecule has 1 aromatic carbocycles. The predicted molar refractivity (Wildman–Crippen MR) is 155 cm³/mol. The number of amides is 1. The molecular formula is C30H37N7O2. The van der Waals surface area contributed by atoms with Crippen molar-refractivity contribution in [1.82, 2.24) is 30.5 Å². The van der Waals surface area contributed by atoms with E-state index in [4.69, 9.17) is 9.98 Å². The second-order valence-electron chi connectivity index (χ2n) is 9.41. The van der Waals surface area contributed by atoms with Crippen LogP contribution < -0.4 is 16.1 Å². The molecule has 0 aliphatic heterocycles. The first kappa shape index (κ1) is 28.1. The van der Waals surface area contributed by atoms with Gasteiger partial charge >= 0.3 is 0 Å². The molecule has 39 heavy (non-hydrogen) atoms. The molecule has 0 radical (unpaired) electrons. The second kappa shape index (κ2) is 13.7. The molecule has 0 bridgehead atoms. The highest BCUT2D eigenvalue weighted by molar-refractivity contribution is 5.98. The molecule has 9 heteroatoms. The maximum atomic E-state index is 12.7. The lowest BCUT2D eigenvalue weighted by Crippen LogP contribution is -2.40. The van der Waals surface area contributed by atoms with E-state index in [2.05, 4.69) is 39.3 Å². The zero-order valence-electron chi connectivity index (χ0n) is 22.8. The number of aromatic nitrogens is 3. The van der Waals surface area contributed by atoms with Crippen molar-refractivity contribution in [2.24, 2.45) is 4.99 Å². The van der Waals surface area contributed by atoms with Crippen LogP contribution >= 0.6 is 0 Å². The average Bonchev–Trinajstić information content (AvgIpc) is 3.29. The van der Waals surface area contributed by atoms with Gasteiger partial charge < -0.3 is 25.6 Å². The molecule has 1 amide bonds. The molecular weight excluding hydrogens is 490 g/mol. The maximum absolute atomic E-state index is 12.7. The van der Waals surface area contributed by atoms with Crippen LogP contribution in [0.2, 0.25) is 0 Å². The SMILES string of the molecule is CCN(CC)CC(O)CNCCNC(=O)c1cc2cc(N=c3nc(-c4ccccn4)cccc3C)ccc2[nH]1. The van der Waals surface area contributed by atoms with E-state index in [9.17, 15) is 9.90 Å². The van der Waals surface area contributed by atoms with Gasteiger partial charge in [0.05, 0.1) is 23.2 Å². The van der Waals surface area contributed by atoms with Gasteiger partial charge in [0.25, 0.3) is 5.91 Å². The summed E-state index contributed by atoms with van der Waals surface area (Å²) in [7, 11) is 0. The number of carbonyl (C=O) groups excluding carboxylic acids is 1. The third-order valence-electron chi connectivity index (χ3n) is 6.52. The number of fused-ring (bicyclic) bond motifs is 1. The van der Waals surface area contributed by atoms with Gasteiger partial charge in [-0.3, -0.25) is 9.78 Å². The van der Waals surface area contributed by atoms with Gasteiger partial charge in [-0.15, -0.1) is 0 Å². The van der Waals surface area contributed by atoms with Crippen LogP contribution in [-0.4, -0.2) is 76.2 Å². The van der Waals surface area contributed by atoms with E-state index in [1.165, 1.54) is 0 Å². The Balaban J connectivity index is 1.40. The Morgan fingerprint density at radius 1 is 1.05 bits per heavy atom. The fourth-order valence-electron chi connectivity index (χ4n) is 4.27. The Hall–Kier alpha value is -3.92. The van der Waals surface area contributed by atoms with Crippen molar-refractivity contribution in [2.75, 3.05) is 39.3 Å². The molecule has 3 aromatic heterocycles. The van der Waals surface area contributed by atoms with Gasteiger partial charge in [-0.25, -0.2) is 9.98 Å². The summed E-state index contributed by atoms with van der Waals surface area (Å²) in [5.41, 5.74) is 5.18. The lowest BCUT2D eigenvalue weighted by molar-refractivity contribution is 0.0948. The summed E-state index contributed by atoms with van der Waals surface area (Å²) in [5, 5.41) is 17.2. The number of aromatic amines is 1. The Labute approximate surface area is 229 Å². The third kappa shape index (κ3) is 7.79. The van der Waals surface area contributed by atoms with Gasteiger partial charge in [0.2, 0.25) is 0 Å². The molecule has 1 unspecified atom stereocenters. The molecule has 0 saturated heterocycles. The van der Waals surface area contributed by atoms with Crippen LogP contribution in [0.3, 0.4) is 0 Å². The molecule has 0 fully saturated rings. The minimum atomic E-state index is -0.437. The summed E-state index contributed by atoms with van der Waals surface area (Å²) in [6.07, 6.45) is 1.31. The van der Waals surface area contributed by atoms with Gasteiger partial charge in [0.15, 0.2) is 5.49 Å². The predicted octanol–water partition coefficient (Wildman–Crippen LogP) is 3.19. The summed E-state index contributed by atoms with van der Waals surface area (Å²) in [5.74, 6) is -0.178. The summed E-state index contributed by atoms with van der Waals surface area (Å²) in [4.78, 5) is 32.0. The molecule has 1 atom stereocenters. The van der Waals surface area contributed by atoms with Crippen molar-refractivity contribution in [2.45, 2.75) is 26.9 Å². The highest BCUT2D eigenvalue weighted by atomic mass is 16.3. The normalized spacial score (nSPS) is 12.7. The largest absolute Gasteiger partial charge is 0.390 e. The van der Waals surface area contributed by atoms with Crippen molar-refractivity contribution >= 4 is 22.5 Å². The van der Waals surface area contributed by atoms with Crippen LogP contribution in [0.15, 0.2) is 71.9 Å². The topological polar surface area (TPSA) is 119 Å². The fraction of sp³-hybridized carbons (Fsp3) is 0.333. The summed E-state index contributed by atoms with van der Waals surface area (Å²) in [6.45, 7) is 10.1. The van der Waals surface area contributed by atoms with Gasteiger partial charge in [0.1, 0.15) is 5.69 Å². The molecule has 4 aromatic rings. The summed E-state index contributed by atoms with van der Waals surface area (Å²) < 4.78 is 0. The minimum absolute atomic E-state index is 0.178. The quantitative estimate of drug-likeness (QED) is 0.210. The Morgan fingerprint density at radius 3 is 2.64 bits per heavy atom. The van der Waals surface area contributed by atoms with Crippen molar-refractivity contribution in [3.63, 3.8) is 0 Å². The molecule has 4 rings (SSSR count). The number of nitrogens with one attached hydrogen (secondary N) is 3. The number of hydrogen-bond acceptors (Lipinski definition) is 7. The van der Waals surface area contributed by atoms with Crippen LogP contribution in [0.1, 0.15) is 29.9 Å². The molecule has 0 aliphatic carbocycles. The summed E-state index contributed by atoms with van der Waals surface area (Å²) >= 11 is 0.